The van der Waals surface area contributed by atoms with Crippen LogP contribution in [0.3, 0.4) is 0 Å². The molecule has 0 aliphatic heterocycles. The third-order valence-electron chi connectivity index (χ3n) is 1.69. The fourth-order valence-electron chi connectivity index (χ4n) is 1.02. The number of pyridine rings is 1. The number of hydrogen-bond acceptors (Lipinski definition) is 3. The molecule has 0 radical (unpaired) electrons. The molecule has 1 aromatic heterocycles. The first-order chi connectivity index (χ1) is 6.57. The molecule has 0 saturated carbocycles. The smallest absolute Gasteiger partial charge is 0.179 e. The third kappa shape index (κ3) is 2.11. The maximum absolute atomic E-state index is 11.1. The van der Waals surface area contributed by atoms with Crippen molar-refractivity contribution in [2.24, 2.45) is 0 Å². The average Bonchev–Trinajstić information content (AvgIpc) is 2.11. The van der Waals surface area contributed by atoms with E-state index >= 15 is 0 Å². The summed E-state index contributed by atoms with van der Waals surface area (Å²) >= 11 is 11.6. The Kier molecular flexibility index (Phi) is 3.61. The summed E-state index contributed by atoms with van der Waals surface area (Å²) in [5.74, 6) is -0.251. The molecule has 0 aromatic carbocycles. The summed E-state index contributed by atoms with van der Waals surface area (Å²) in [6, 6.07) is 0. The van der Waals surface area contributed by atoms with Crippen LogP contribution in [0.2, 0.25) is 10.0 Å². The molecule has 0 spiro atoms. The Morgan fingerprint density at radius 3 is 2.71 bits per heavy atom. The van der Waals surface area contributed by atoms with E-state index in [1.54, 1.807) is 0 Å². The van der Waals surface area contributed by atoms with Crippen LogP contribution in [0, 0.1) is 0 Å². The highest BCUT2D eigenvalue weighted by Gasteiger charge is 2.14. The molecule has 0 aliphatic carbocycles. The van der Waals surface area contributed by atoms with E-state index in [1.165, 1.54) is 13.1 Å². The van der Waals surface area contributed by atoms with E-state index in [9.17, 15) is 9.59 Å². The first kappa shape index (κ1) is 11.1. The molecule has 14 heavy (non-hydrogen) atoms. The zero-order valence-electron chi connectivity index (χ0n) is 7.38. The van der Waals surface area contributed by atoms with E-state index in [4.69, 9.17) is 23.2 Å². The Balaban J connectivity index is 3.32. The van der Waals surface area contributed by atoms with Gasteiger partial charge < -0.3 is 4.79 Å². The third-order valence-corrected chi connectivity index (χ3v) is 2.42. The highest BCUT2D eigenvalue weighted by Crippen LogP contribution is 2.26. The summed E-state index contributed by atoms with van der Waals surface area (Å²) in [4.78, 5) is 25.2. The number of carbonyl (C=O) groups is 2. The van der Waals surface area contributed by atoms with Crippen LogP contribution in [0.5, 0.6) is 0 Å². The van der Waals surface area contributed by atoms with Gasteiger partial charge in [-0.3, -0.25) is 4.79 Å². The highest BCUT2D eigenvalue weighted by atomic mass is 35.5. The highest BCUT2D eigenvalue weighted by molar-refractivity contribution is 6.37. The molecule has 0 saturated heterocycles. The van der Waals surface area contributed by atoms with Crippen molar-refractivity contribution in [1.29, 1.82) is 0 Å². The fourth-order valence-corrected chi connectivity index (χ4v) is 1.65. The van der Waals surface area contributed by atoms with Crippen LogP contribution < -0.4 is 0 Å². The van der Waals surface area contributed by atoms with Crippen molar-refractivity contribution in [2.75, 3.05) is 0 Å². The molecule has 1 heterocycles. The summed E-state index contributed by atoms with van der Waals surface area (Å²) in [7, 11) is 0. The van der Waals surface area contributed by atoms with Gasteiger partial charge in [0.2, 0.25) is 0 Å². The van der Waals surface area contributed by atoms with Crippen molar-refractivity contribution in [3.05, 3.63) is 27.5 Å². The number of aldehydes is 1. The average molecular weight is 232 g/mol. The lowest BCUT2D eigenvalue weighted by Crippen LogP contribution is -2.02. The Labute approximate surface area is 91.0 Å². The number of aromatic nitrogens is 1. The molecule has 0 fully saturated rings. The molecule has 74 valence electrons. The van der Waals surface area contributed by atoms with Gasteiger partial charge in [-0.25, -0.2) is 4.98 Å². The SMILES string of the molecule is CC(=O)c1ncc(Cl)c(CC=O)c1Cl. The molecule has 0 unspecified atom stereocenters. The van der Waals surface area contributed by atoms with E-state index in [1.807, 2.05) is 0 Å². The van der Waals surface area contributed by atoms with E-state index < -0.39 is 0 Å². The maximum atomic E-state index is 11.1. The van der Waals surface area contributed by atoms with Gasteiger partial charge >= 0.3 is 0 Å². The molecule has 5 heteroatoms. The zero-order chi connectivity index (χ0) is 10.7. The minimum absolute atomic E-state index is 0.0838. The van der Waals surface area contributed by atoms with Crippen LogP contribution in [0.4, 0.5) is 0 Å². The molecular formula is C9H7Cl2NO2. The standard InChI is InChI=1S/C9H7Cl2NO2/c1-5(14)9-8(11)6(2-3-13)7(10)4-12-9/h3-4H,2H2,1H3. The molecular weight excluding hydrogens is 225 g/mol. The van der Waals surface area contributed by atoms with Gasteiger partial charge in [-0.15, -0.1) is 0 Å². The van der Waals surface area contributed by atoms with Gasteiger partial charge in [-0.05, 0) is 0 Å². The van der Waals surface area contributed by atoms with Crippen molar-refractivity contribution in [3.63, 3.8) is 0 Å². The Hall–Kier alpha value is -0.930. The predicted molar refractivity (Wildman–Crippen MR) is 54.0 cm³/mol. The van der Waals surface area contributed by atoms with Gasteiger partial charge in [0.25, 0.3) is 0 Å². The molecule has 1 aromatic rings. The fraction of sp³-hybridized carbons (Fsp3) is 0.222. The second kappa shape index (κ2) is 4.53. The Morgan fingerprint density at radius 1 is 1.57 bits per heavy atom. The lowest BCUT2D eigenvalue weighted by molar-refractivity contribution is -0.107. The van der Waals surface area contributed by atoms with Crippen molar-refractivity contribution < 1.29 is 9.59 Å². The van der Waals surface area contributed by atoms with E-state index in [2.05, 4.69) is 4.98 Å². The largest absolute Gasteiger partial charge is 0.303 e. The van der Waals surface area contributed by atoms with Crippen LogP contribution in [-0.2, 0) is 11.2 Å². The second-order valence-corrected chi connectivity index (χ2v) is 3.46. The van der Waals surface area contributed by atoms with Crippen LogP contribution in [-0.4, -0.2) is 17.1 Å². The zero-order valence-corrected chi connectivity index (χ0v) is 8.89. The van der Waals surface area contributed by atoms with E-state index in [0.717, 1.165) is 0 Å². The second-order valence-electron chi connectivity index (χ2n) is 2.67. The summed E-state index contributed by atoms with van der Waals surface area (Å²) in [5, 5.41) is 0.462. The number of carbonyl (C=O) groups excluding carboxylic acids is 2. The van der Waals surface area contributed by atoms with Crippen LogP contribution in [0.25, 0.3) is 0 Å². The van der Waals surface area contributed by atoms with Gasteiger partial charge in [0.15, 0.2) is 5.78 Å². The number of rotatable bonds is 3. The number of halogens is 2. The van der Waals surface area contributed by atoms with Crippen LogP contribution >= 0.6 is 23.2 Å². The first-order valence-electron chi connectivity index (χ1n) is 3.85. The maximum Gasteiger partial charge on any atom is 0.179 e. The molecule has 0 bridgehead atoms. The summed E-state index contributed by atoms with van der Waals surface area (Å²) in [5.41, 5.74) is 0.594. The summed E-state index contributed by atoms with van der Waals surface area (Å²) < 4.78 is 0. The number of Topliss-reactive ketones (excluding diaryl/α,β-unsaturated/α-hetero) is 1. The predicted octanol–water partition coefficient (Wildman–Crippen LogP) is 2.33. The quantitative estimate of drug-likeness (QED) is 0.593. The Morgan fingerprint density at radius 2 is 2.21 bits per heavy atom. The van der Waals surface area contributed by atoms with Crippen molar-refractivity contribution in [3.8, 4) is 0 Å². The number of ketones is 1. The van der Waals surface area contributed by atoms with Crippen molar-refractivity contribution in [2.45, 2.75) is 13.3 Å². The van der Waals surface area contributed by atoms with Gasteiger partial charge in [-0.2, -0.15) is 0 Å². The molecule has 0 atom stereocenters. The van der Waals surface area contributed by atoms with Gasteiger partial charge in [0.05, 0.1) is 10.0 Å². The Bertz CT molecular complexity index is 391. The van der Waals surface area contributed by atoms with Crippen molar-refractivity contribution >= 4 is 35.3 Å². The number of nitrogens with zero attached hydrogens (tertiary/aromatic N) is 1. The molecule has 3 nitrogen and oxygen atoms in total. The lowest BCUT2D eigenvalue weighted by atomic mass is 10.1. The van der Waals surface area contributed by atoms with Crippen LogP contribution in [0.15, 0.2) is 6.20 Å². The normalized spacial score (nSPS) is 9.93. The molecule has 0 amide bonds. The van der Waals surface area contributed by atoms with E-state index in [0.29, 0.717) is 16.9 Å². The minimum atomic E-state index is -0.251. The topological polar surface area (TPSA) is 47.0 Å². The lowest BCUT2D eigenvalue weighted by Gasteiger charge is -2.05. The minimum Gasteiger partial charge on any atom is -0.303 e. The van der Waals surface area contributed by atoms with Gasteiger partial charge in [0.1, 0.15) is 12.0 Å². The first-order valence-corrected chi connectivity index (χ1v) is 4.61. The number of hydrogen-bond donors (Lipinski definition) is 0. The van der Waals surface area contributed by atoms with Gasteiger partial charge in [-0.1, -0.05) is 23.2 Å². The van der Waals surface area contributed by atoms with Crippen molar-refractivity contribution in [1.82, 2.24) is 4.98 Å². The van der Waals surface area contributed by atoms with Gasteiger partial charge in [0, 0.05) is 25.1 Å². The van der Waals surface area contributed by atoms with Crippen LogP contribution in [0.1, 0.15) is 23.0 Å². The molecule has 0 N–H and O–H groups in total. The monoisotopic (exact) mass is 231 g/mol. The summed E-state index contributed by atoms with van der Waals surface area (Å²) in [6.45, 7) is 1.35. The molecule has 0 aliphatic rings. The molecule has 1 rings (SSSR count). The van der Waals surface area contributed by atoms with E-state index in [-0.39, 0.29) is 22.9 Å². The summed E-state index contributed by atoms with van der Waals surface area (Å²) in [6.07, 6.45) is 2.08.